The molecule has 0 aliphatic carbocycles. The van der Waals surface area contributed by atoms with E-state index in [0.717, 1.165) is 25.1 Å². The van der Waals surface area contributed by atoms with Crippen molar-refractivity contribution >= 4 is 11.8 Å². The fourth-order valence-corrected chi connectivity index (χ4v) is 2.67. The first-order valence-electron chi connectivity index (χ1n) is 8.86. The Balaban J connectivity index is 1.46. The number of hydrogen-bond donors (Lipinski definition) is 2. The number of ether oxygens (including phenoxy) is 1. The average Bonchev–Trinajstić information content (AvgIpc) is 3.28. The minimum Gasteiger partial charge on any atom is -0.368 e. The van der Waals surface area contributed by atoms with E-state index >= 15 is 0 Å². The van der Waals surface area contributed by atoms with Crippen LogP contribution in [0.1, 0.15) is 57.1 Å². The number of aryl methyl sites for hydroxylation is 1. The Morgan fingerprint density at radius 3 is 2.88 bits per heavy atom. The van der Waals surface area contributed by atoms with Crippen molar-refractivity contribution in [2.75, 3.05) is 18.5 Å². The number of aromatic nitrogens is 4. The molecule has 9 heteroatoms. The van der Waals surface area contributed by atoms with E-state index in [9.17, 15) is 4.79 Å². The highest BCUT2D eigenvalue weighted by Crippen LogP contribution is 2.27. The van der Waals surface area contributed by atoms with Crippen molar-refractivity contribution in [3.8, 4) is 0 Å². The molecule has 0 unspecified atom stereocenters. The third-order valence-corrected chi connectivity index (χ3v) is 4.21. The van der Waals surface area contributed by atoms with Crippen molar-refractivity contribution in [1.82, 2.24) is 25.2 Å². The SMILES string of the molecule is Cn1nc(C(C)(C)C)cc1NC(=O)NCCc1noc([C@H]2CCCO2)n1. The van der Waals surface area contributed by atoms with E-state index in [1.54, 1.807) is 11.7 Å². The fraction of sp³-hybridized carbons (Fsp3) is 0.647. The van der Waals surface area contributed by atoms with Gasteiger partial charge in [0.15, 0.2) is 5.82 Å². The zero-order valence-electron chi connectivity index (χ0n) is 15.7. The van der Waals surface area contributed by atoms with Gasteiger partial charge < -0.3 is 14.6 Å². The van der Waals surface area contributed by atoms with Gasteiger partial charge in [0.2, 0.25) is 0 Å². The van der Waals surface area contributed by atoms with Crippen LogP contribution in [0.3, 0.4) is 0 Å². The van der Waals surface area contributed by atoms with Crippen molar-refractivity contribution in [3.63, 3.8) is 0 Å². The van der Waals surface area contributed by atoms with Gasteiger partial charge >= 0.3 is 6.03 Å². The largest absolute Gasteiger partial charge is 0.368 e. The van der Waals surface area contributed by atoms with E-state index in [0.29, 0.717) is 30.5 Å². The maximum absolute atomic E-state index is 12.1. The molecule has 2 amide bonds. The molecule has 1 aliphatic rings. The first kappa shape index (κ1) is 18.4. The van der Waals surface area contributed by atoms with Gasteiger partial charge in [-0.2, -0.15) is 10.1 Å². The van der Waals surface area contributed by atoms with Crippen LogP contribution in [0.5, 0.6) is 0 Å². The van der Waals surface area contributed by atoms with Gasteiger partial charge in [-0.25, -0.2) is 4.79 Å². The lowest BCUT2D eigenvalue weighted by Gasteiger charge is -2.13. The highest BCUT2D eigenvalue weighted by atomic mass is 16.5. The van der Waals surface area contributed by atoms with E-state index < -0.39 is 0 Å². The Labute approximate surface area is 152 Å². The van der Waals surface area contributed by atoms with E-state index in [1.165, 1.54) is 0 Å². The number of anilines is 1. The molecule has 2 aromatic heterocycles. The van der Waals surface area contributed by atoms with E-state index in [4.69, 9.17) is 9.26 Å². The minimum atomic E-state index is -0.295. The van der Waals surface area contributed by atoms with Gasteiger partial charge in [0.25, 0.3) is 5.89 Å². The number of hydrogen-bond acceptors (Lipinski definition) is 6. The van der Waals surface area contributed by atoms with Crippen LogP contribution in [0, 0.1) is 0 Å². The lowest BCUT2D eigenvalue weighted by atomic mass is 9.92. The second kappa shape index (κ2) is 7.45. The highest BCUT2D eigenvalue weighted by Gasteiger charge is 2.24. The van der Waals surface area contributed by atoms with Gasteiger partial charge in [-0.1, -0.05) is 25.9 Å². The summed E-state index contributed by atoms with van der Waals surface area (Å²) >= 11 is 0. The maximum Gasteiger partial charge on any atom is 0.320 e. The zero-order chi connectivity index (χ0) is 18.7. The number of rotatable bonds is 5. The van der Waals surface area contributed by atoms with Crippen LogP contribution in [-0.2, 0) is 23.6 Å². The summed E-state index contributed by atoms with van der Waals surface area (Å²) in [6.45, 7) is 7.37. The second-order valence-electron chi connectivity index (χ2n) is 7.47. The Kier molecular flexibility index (Phi) is 5.26. The molecule has 0 aromatic carbocycles. The number of amides is 2. The molecule has 3 rings (SSSR count). The summed E-state index contributed by atoms with van der Waals surface area (Å²) in [7, 11) is 1.80. The molecule has 1 fully saturated rings. The molecular formula is C17H26N6O3. The first-order chi connectivity index (χ1) is 12.3. The van der Waals surface area contributed by atoms with Crippen LogP contribution in [0.2, 0.25) is 0 Å². The summed E-state index contributed by atoms with van der Waals surface area (Å²) in [5, 5.41) is 14.0. The Morgan fingerprint density at radius 2 is 2.23 bits per heavy atom. The van der Waals surface area contributed by atoms with Crippen molar-refractivity contribution in [1.29, 1.82) is 0 Å². The van der Waals surface area contributed by atoms with Gasteiger partial charge in [0, 0.05) is 38.1 Å². The normalized spacial score (nSPS) is 17.5. The molecule has 3 heterocycles. The van der Waals surface area contributed by atoms with Crippen LogP contribution < -0.4 is 10.6 Å². The fourth-order valence-electron chi connectivity index (χ4n) is 2.67. The summed E-state index contributed by atoms with van der Waals surface area (Å²) in [6, 6.07) is 1.59. The summed E-state index contributed by atoms with van der Waals surface area (Å²) in [6.07, 6.45) is 2.32. The number of nitrogens with zero attached hydrogens (tertiary/aromatic N) is 4. The number of carbonyl (C=O) groups is 1. The van der Waals surface area contributed by atoms with Crippen LogP contribution in [-0.4, -0.2) is 39.1 Å². The van der Waals surface area contributed by atoms with Crippen molar-refractivity contribution < 1.29 is 14.1 Å². The third-order valence-electron chi connectivity index (χ3n) is 4.21. The molecule has 1 atom stereocenters. The molecular weight excluding hydrogens is 336 g/mol. The van der Waals surface area contributed by atoms with Crippen LogP contribution in [0.4, 0.5) is 10.6 Å². The van der Waals surface area contributed by atoms with Crippen LogP contribution in [0.25, 0.3) is 0 Å². The van der Waals surface area contributed by atoms with E-state index in [1.807, 2.05) is 6.07 Å². The standard InChI is InChI=1S/C17H26N6O3/c1-17(2,3)12-10-14(23(4)21-12)20-16(24)18-8-7-13-19-15(26-22-13)11-6-5-9-25-11/h10-11H,5-9H2,1-4H3,(H2,18,20,24)/t11-/m1/s1. The summed E-state index contributed by atoms with van der Waals surface area (Å²) in [5.74, 6) is 1.73. The summed E-state index contributed by atoms with van der Waals surface area (Å²) in [5.41, 5.74) is 0.844. The summed E-state index contributed by atoms with van der Waals surface area (Å²) in [4.78, 5) is 16.4. The topological polar surface area (TPSA) is 107 Å². The molecule has 9 nitrogen and oxygen atoms in total. The maximum atomic E-state index is 12.1. The van der Waals surface area contributed by atoms with Gasteiger partial charge in [-0.3, -0.25) is 10.00 Å². The quantitative estimate of drug-likeness (QED) is 0.845. The predicted octanol–water partition coefficient (Wildman–Crippen LogP) is 2.32. The van der Waals surface area contributed by atoms with Crippen molar-refractivity contribution in [3.05, 3.63) is 23.5 Å². The van der Waals surface area contributed by atoms with Gasteiger partial charge in [0.05, 0.1) is 5.69 Å². The molecule has 0 spiro atoms. The van der Waals surface area contributed by atoms with Crippen molar-refractivity contribution in [2.45, 2.75) is 51.6 Å². The Morgan fingerprint density at radius 1 is 1.42 bits per heavy atom. The number of urea groups is 1. The van der Waals surface area contributed by atoms with Crippen LogP contribution >= 0.6 is 0 Å². The van der Waals surface area contributed by atoms with Crippen molar-refractivity contribution in [2.24, 2.45) is 7.05 Å². The molecule has 2 aromatic rings. The Hall–Kier alpha value is -2.42. The monoisotopic (exact) mass is 362 g/mol. The lowest BCUT2D eigenvalue weighted by molar-refractivity contribution is 0.0835. The van der Waals surface area contributed by atoms with Gasteiger partial charge in [-0.05, 0) is 12.8 Å². The lowest BCUT2D eigenvalue weighted by Crippen LogP contribution is -2.31. The Bertz CT molecular complexity index is 755. The number of nitrogens with one attached hydrogen (secondary N) is 2. The summed E-state index contributed by atoms with van der Waals surface area (Å²) < 4.78 is 12.4. The second-order valence-corrected chi connectivity index (χ2v) is 7.47. The third kappa shape index (κ3) is 4.40. The van der Waals surface area contributed by atoms with E-state index in [-0.39, 0.29) is 17.6 Å². The number of carbonyl (C=O) groups excluding carboxylic acids is 1. The molecule has 2 N–H and O–H groups in total. The first-order valence-corrected chi connectivity index (χ1v) is 8.86. The molecule has 26 heavy (non-hydrogen) atoms. The smallest absolute Gasteiger partial charge is 0.320 e. The van der Waals surface area contributed by atoms with E-state index in [2.05, 4.69) is 46.6 Å². The zero-order valence-corrected chi connectivity index (χ0v) is 15.7. The molecule has 0 bridgehead atoms. The molecule has 1 saturated heterocycles. The van der Waals surface area contributed by atoms with Gasteiger partial charge in [-0.15, -0.1) is 0 Å². The highest BCUT2D eigenvalue weighted by molar-refractivity contribution is 5.88. The van der Waals surface area contributed by atoms with Crippen LogP contribution in [0.15, 0.2) is 10.6 Å². The van der Waals surface area contributed by atoms with Gasteiger partial charge in [0.1, 0.15) is 11.9 Å². The molecule has 1 aliphatic heterocycles. The predicted molar refractivity (Wildman–Crippen MR) is 94.9 cm³/mol. The molecule has 0 radical (unpaired) electrons. The average molecular weight is 362 g/mol. The minimum absolute atomic E-state index is 0.0759. The molecule has 0 saturated carbocycles. The molecule has 142 valence electrons.